The van der Waals surface area contributed by atoms with Gasteiger partial charge in [-0.1, -0.05) is 13.8 Å². The zero-order valence-electron chi connectivity index (χ0n) is 9.02. The van der Waals surface area contributed by atoms with E-state index in [1.54, 1.807) is 0 Å². The number of ether oxygens (including phenoxy) is 1. The molecule has 0 amide bonds. The highest BCUT2D eigenvalue weighted by atomic mass is 16.5. The van der Waals surface area contributed by atoms with Crippen LogP contribution in [0.4, 0.5) is 0 Å². The van der Waals surface area contributed by atoms with Crippen LogP contribution >= 0.6 is 0 Å². The molecule has 1 rings (SSSR count). The van der Waals surface area contributed by atoms with Crippen LogP contribution in [0.5, 0.6) is 0 Å². The molecule has 0 radical (unpaired) electrons. The molecule has 0 aliphatic rings. The Balaban J connectivity index is 2.93. The average molecular weight is 195 g/mol. The van der Waals surface area contributed by atoms with Crippen LogP contribution in [-0.2, 0) is 17.6 Å². The molecule has 0 spiro atoms. The summed E-state index contributed by atoms with van der Waals surface area (Å²) in [6, 6.07) is 1.89. The van der Waals surface area contributed by atoms with Gasteiger partial charge in [-0.05, 0) is 25.8 Å². The first-order valence-electron chi connectivity index (χ1n) is 5.10. The first kappa shape index (κ1) is 10.8. The van der Waals surface area contributed by atoms with Crippen molar-refractivity contribution >= 4 is 5.97 Å². The second kappa shape index (κ2) is 4.84. The number of aromatic amines is 1. The van der Waals surface area contributed by atoms with Gasteiger partial charge in [-0.2, -0.15) is 0 Å². The van der Waals surface area contributed by atoms with Gasteiger partial charge in [0.15, 0.2) is 0 Å². The van der Waals surface area contributed by atoms with Gasteiger partial charge in [-0.15, -0.1) is 0 Å². The molecule has 0 saturated carbocycles. The minimum absolute atomic E-state index is 0.222. The number of nitrogens with one attached hydrogen (secondary N) is 1. The fourth-order valence-electron chi connectivity index (χ4n) is 1.42. The van der Waals surface area contributed by atoms with E-state index in [4.69, 9.17) is 4.74 Å². The van der Waals surface area contributed by atoms with E-state index in [-0.39, 0.29) is 5.97 Å². The topological polar surface area (TPSA) is 42.1 Å². The van der Waals surface area contributed by atoms with Crippen LogP contribution in [0.15, 0.2) is 6.07 Å². The Hall–Kier alpha value is -1.25. The molecule has 1 aromatic rings. The zero-order valence-corrected chi connectivity index (χ0v) is 9.02. The Morgan fingerprint density at radius 2 is 2.07 bits per heavy atom. The van der Waals surface area contributed by atoms with Crippen molar-refractivity contribution in [2.75, 3.05) is 6.61 Å². The summed E-state index contributed by atoms with van der Waals surface area (Å²) in [5.74, 6) is -0.222. The summed E-state index contributed by atoms with van der Waals surface area (Å²) in [6.45, 7) is 6.32. The van der Waals surface area contributed by atoms with Crippen molar-refractivity contribution in [3.63, 3.8) is 0 Å². The molecule has 0 aliphatic heterocycles. The first-order chi connectivity index (χ1) is 6.72. The molecule has 0 aliphatic carbocycles. The Kier molecular flexibility index (Phi) is 3.74. The largest absolute Gasteiger partial charge is 0.462 e. The van der Waals surface area contributed by atoms with Crippen molar-refractivity contribution in [3.8, 4) is 0 Å². The normalized spacial score (nSPS) is 10.2. The number of aryl methyl sites for hydroxylation is 2. The second-order valence-electron chi connectivity index (χ2n) is 3.11. The molecule has 1 N–H and O–H groups in total. The van der Waals surface area contributed by atoms with Crippen LogP contribution in [0.2, 0.25) is 0 Å². The maximum atomic E-state index is 11.5. The molecular formula is C11H17NO2. The number of carbonyl (C=O) groups is 1. The van der Waals surface area contributed by atoms with E-state index < -0.39 is 0 Å². The summed E-state index contributed by atoms with van der Waals surface area (Å²) in [7, 11) is 0. The lowest BCUT2D eigenvalue weighted by Crippen LogP contribution is -2.05. The predicted octanol–water partition coefficient (Wildman–Crippen LogP) is 2.32. The molecule has 0 saturated heterocycles. The number of aromatic nitrogens is 1. The standard InChI is InChI=1S/C11H17NO2/c1-4-8-7-9(10(5-2)12-8)11(13)14-6-3/h7,12H,4-6H2,1-3H3. The van der Waals surface area contributed by atoms with Gasteiger partial charge in [-0.25, -0.2) is 4.79 Å². The van der Waals surface area contributed by atoms with Gasteiger partial charge in [0.05, 0.1) is 12.2 Å². The minimum Gasteiger partial charge on any atom is -0.462 e. The molecule has 0 atom stereocenters. The lowest BCUT2D eigenvalue weighted by Gasteiger charge is -2.00. The third-order valence-electron chi connectivity index (χ3n) is 2.18. The highest BCUT2D eigenvalue weighted by Gasteiger charge is 2.14. The minimum atomic E-state index is -0.222. The number of hydrogen-bond acceptors (Lipinski definition) is 2. The van der Waals surface area contributed by atoms with Crippen LogP contribution in [0.25, 0.3) is 0 Å². The van der Waals surface area contributed by atoms with Crippen molar-refractivity contribution in [3.05, 3.63) is 23.0 Å². The molecule has 1 heterocycles. The number of esters is 1. The molecule has 3 nitrogen and oxygen atoms in total. The van der Waals surface area contributed by atoms with Gasteiger partial charge in [0.2, 0.25) is 0 Å². The first-order valence-corrected chi connectivity index (χ1v) is 5.10. The highest BCUT2D eigenvalue weighted by molar-refractivity contribution is 5.91. The monoisotopic (exact) mass is 195 g/mol. The Morgan fingerprint density at radius 1 is 1.36 bits per heavy atom. The van der Waals surface area contributed by atoms with Gasteiger partial charge in [-0.3, -0.25) is 0 Å². The van der Waals surface area contributed by atoms with E-state index in [9.17, 15) is 4.79 Å². The van der Waals surface area contributed by atoms with E-state index in [1.165, 1.54) is 0 Å². The average Bonchev–Trinajstić information content (AvgIpc) is 2.61. The Bertz CT molecular complexity index is 315. The SMILES string of the molecule is CCOC(=O)c1cc(CC)[nH]c1CC. The molecule has 0 unspecified atom stereocenters. The van der Waals surface area contributed by atoms with Gasteiger partial charge in [0.25, 0.3) is 0 Å². The van der Waals surface area contributed by atoms with E-state index in [1.807, 2.05) is 19.9 Å². The fraction of sp³-hybridized carbons (Fsp3) is 0.545. The fourth-order valence-corrected chi connectivity index (χ4v) is 1.42. The van der Waals surface area contributed by atoms with Crippen LogP contribution in [0, 0.1) is 0 Å². The van der Waals surface area contributed by atoms with E-state index in [0.29, 0.717) is 12.2 Å². The van der Waals surface area contributed by atoms with Crippen molar-refractivity contribution in [2.45, 2.75) is 33.6 Å². The maximum absolute atomic E-state index is 11.5. The smallest absolute Gasteiger partial charge is 0.339 e. The predicted molar refractivity (Wildman–Crippen MR) is 55.5 cm³/mol. The summed E-state index contributed by atoms with van der Waals surface area (Å²) in [6.07, 6.45) is 1.74. The van der Waals surface area contributed by atoms with Crippen LogP contribution < -0.4 is 0 Å². The van der Waals surface area contributed by atoms with E-state index in [0.717, 1.165) is 24.2 Å². The summed E-state index contributed by atoms with van der Waals surface area (Å²) in [5.41, 5.74) is 2.75. The molecular weight excluding hydrogens is 178 g/mol. The zero-order chi connectivity index (χ0) is 10.6. The summed E-state index contributed by atoms with van der Waals surface area (Å²) < 4.78 is 4.97. The lowest BCUT2D eigenvalue weighted by atomic mass is 10.2. The number of hydrogen-bond donors (Lipinski definition) is 1. The van der Waals surface area contributed by atoms with Gasteiger partial charge in [0, 0.05) is 11.4 Å². The molecule has 78 valence electrons. The van der Waals surface area contributed by atoms with Crippen molar-refractivity contribution in [1.29, 1.82) is 0 Å². The highest BCUT2D eigenvalue weighted by Crippen LogP contribution is 2.13. The van der Waals surface area contributed by atoms with Gasteiger partial charge in [0.1, 0.15) is 0 Å². The number of H-pyrrole nitrogens is 1. The number of rotatable bonds is 4. The molecule has 0 aromatic carbocycles. The van der Waals surface area contributed by atoms with E-state index in [2.05, 4.69) is 11.9 Å². The van der Waals surface area contributed by atoms with Crippen molar-refractivity contribution in [1.82, 2.24) is 4.98 Å². The van der Waals surface area contributed by atoms with Crippen LogP contribution in [-0.4, -0.2) is 17.6 Å². The molecule has 14 heavy (non-hydrogen) atoms. The van der Waals surface area contributed by atoms with Crippen molar-refractivity contribution < 1.29 is 9.53 Å². The molecule has 3 heteroatoms. The number of carbonyl (C=O) groups excluding carboxylic acids is 1. The van der Waals surface area contributed by atoms with Crippen LogP contribution in [0.3, 0.4) is 0 Å². The molecule has 0 fully saturated rings. The van der Waals surface area contributed by atoms with Crippen LogP contribution in [0.1, 0.15) is 42.5 Å². The quantitative estimate of drug-likeness (QED) is 0.749. The Labute approximate surface area is 84.5 Å². The van der Waals surface area contributed by atoms with Crippen molar-refractivity contribution in [2.24, 2.45) is 0 Å². The summed E-state index contributed by atoms with van der Waals surface area (Å²) in [5, 5.41) is 0. The Morgan fingerprint density at radius 3 is 2.57 bits per heavy atom. The third-order valence-corrected chi connectivity index (χ3v) is 2.18. The maximum Gasteiger partial charge on any atom is 0.339 e. The lowest BCUT2D eigenvalue weighted by molar-refractivity contribution is 0.0525. The molecule has 1 aromatic heterocycles. The van der Waals surface area contributed by atoms with Gasteiger partial charge >= 0.3 is 5.97 Å². The summed E-state index contributed by atoms with van der Waals surface area (Å²) >= 11 is 0. The second-order valence-corrected chi connectivity index (χ2v) is 3.11. The third kappa shape index (κ3) is 2.16. The summed E-state index contributed by atoms with van der Waals surface area (Å²) in [4.78, 5) is 14.7. The van der Waals surface area contributed by atoms with Gasteiger partial charge < -0.3 is 9.72 Å². The molecule has 0 bridgehead atoms. The van der Waals surface area contributed by atoms with E-state index >= 15 is 0 Å².